The second kappa shape index (κ2) is 8.92. The van der Waals surface area contributed by atoms with E-state index in [1.54, 1.807) is 0 Å². The lowest BCUT2D eigenvalue weighted by Gasteiger charge is -2.27. The molecular formula is C21H28N4O. The number of benzene rings is 1. The zero-order valence-corrected chi connectivity index (χ0v) is 15.5. The maximum atomic E-state index is 11.2. The summed E-state index contributed by atoms with van der Waals surface area (Å²) in [4.78, 5) is 20.6. The molecule has 0 bridgehead atoms. The summed E-state index contributed by atoms with van der Waals surface area (Å²) in [6.07, 6.45) is 5.46. The molecule has 0 saturated carbocycles. The van der Waals surface area contributed by atoms with Gasteiger partial charge in [-0.1, -0.05) is 18.2 Å². The van der Waals surface area contributed by atoms with Crippen molar-refractivity contribution in [2.45, 2.75) is 38.4 Å². The van der Waals surface area contributed by atoms with Gasteiger partial charge in [-0.15, -0.1) is 0 Å². The SMILES string of the molecule is CN(Cc1ccccn1)C1CCCN(Cc2ccc(C(N)=O)cc2)CC1. The van der Waals surface area contributed by atoms with Crippen LogP contribution < -0.4 is 5.73 Å². The number of pyridine rings is 1. The van der Waals surface area contributed by atoms with Crippen molar-refractivity contribution in [1.82, 2.24) is 14.8 Å². The van der Waals surface area contributed by atoms with Gasteiger partial charge in [-0.3, -0.25) is 19.6 Å². The minimum Gasteiger partial charge on any atom is -0.366 e. The molecule has 1 fully saturated rings. The van der Waals surface area contributed by atoms with Gasteiger partial charge in [-0.25, -0.2) is 0 Å². The average molecular weight is 352 g/mol. The first-order valence-electron chi connectivity index (χ1n) is 9.33. The Morgan fingerprint density at radius 3 is 2.69 bits per heavy atom. The third-order valence-electron chi connectivity index (χ3n) is 5.20. The van der Waals surface area contributed by atoms with Crippen molar-refractivity contribution >= 4 is 5.91 Å². The van der Waals surface area contributed by atoms with Gasteiger partial charge >= 0.3 is 0 Å². The molecule has 1 atom stereocenters. The van der Waals surface area contributed by atoms with Crippen molar-refractivity contribution in [2.24, 2.45) is 5.73 Å². The van der Waals surface area contributed by atoms with Crippen LogP contribution in [0.1, 0.15) is 40.9 Å². The van der Waals surface area contributed by atoms with Crippen molar-refractivity contribution in [3.05, 3.63) is 65.5 Å². The molecule has 2 N–H and O–H groups in total. The van der Waals surface area contributed by atoms with E-state index in [1.165, 1.54) is 24.8 Å². The molecular weight excluding hydrogens is 324 g/mol. The Hall–Kier alpha value is -2.24. The lowest BCUT2D eigenvalue weighted by molar-refractivity contribution is 0.100. The molecule has 26 heavy (non-hydrogen) atoms. The topological polar surface area (TPSA) is 62.5 Å². The van der Waals surface area contributed by atoms with Gasteiger partial charge in [-0.05, 0) is 69.2 Å². The summed E-state index contributed by atoms with van der Waals surface area (Å²) in [6.45, 7) is 4.04. The van der Waals surface area contributed by atoms with Gasteiger partial charge in [0.2, 0.25) is 5.91 Å². The lowest BCUT2D eigenvalue weighted by Crippen LogP contribution is -2.32. The third kappa shape index (κ3) is 5.13. The molecule has 5 heteroatoms. The van der Waals surface area contributed by atoms with Crippen molar-refractivity contribution in [1.29, 1.82) is 0 Å². The fourth-order valence-electron chi connectivity index (χ4n) is 3.65. The first-order valence-corrected chi connectivity index (χ1v) is 9.33. The second-order valence-electron chi connectivity index (χ2n) is 7.16. The molecule has 1 aliphatic heterocycles. The van der Waals surface area contributed by atoms with Gasteiger partial charge in [0.15, 0.2) is 0 Å². The zero-order chi connectivity index (χ0) is 18.4. The largest absolute Gasteiger partial charge is 0.366 e. The maximum absolute atomic E-state index is 11.2. The molecule has 1 aliphatic rings. The average Bonchev–Trinajstić information content (AvgIpc) is 2.89. The molecule has 3 rings (SSSR count). The summed E-state index contributed by atoms with van der Waals surface area (Å²) >= 11 is 0. The Morgan fingerprint density at radius 1 is 1.19 bits per heavy atom. The highest BCUT2D eigenvalue weighted by Crippen LogP contribution is 2.19. The predicted molar refractivity (Wildman–Crippen MR) is 104 cm³/mol. The summed E-state index contributed by atoms with van der Waals surface area (Å²) < 4.78 is 0. The van der Waals surface area contributed by atoms with Gasteiger partial charge in [0.25, 0.3) is 0 Å². The highest BCUT2D eigenvalue weighted by molar-refractivity contribution is 5.92. The summed E-state index contributed by atoms with van der Waals surface area (Å²) in [7, 11) is 2.21. The van der Waals surface area contributed by atoms with E-state index in [9.17, 15) is 4.79 Å². The van der Waals surface area contributed by atoms with Gasteiger partial charge in [0.1, 0.15) is 0 Å². The van der Waals surface area contributed by atoms with Crippen molar-refractivity contribution in [2.75, 3.05) is 20.1 Å². The van der Waals surface area contributed by atoms with Crippen molar-refractivity contribution in [3.63, 3.8) is 0 Å². The smallest absolute Gasteiger partial charge is 0.248 e. The molecule has 1 aromatic carbocycles. The number of nitrogens with two attached hydrogens (primary N) is 1. The second-order valence-corrected chi connectivity index (χ2v) is 7.16. The maximum Gasteiger partial charge on any atom is 0.248 e. The van der Waals surface area contributed by atoms with E-state index in [1.807, 2.05) is 36.5 Å². The Balaban J connectivity index is 1.52. The van der Waals surface area contributed by atoms with E-state index >= 15 is 0 Å². The number of likely N-dealkylation sites (tertiary alicyclic amines) is 1. The summed E-state index contributed by atoms with van der Waals surface area (Å²) in [6, 6.07) is 14.4. The number of hydrogen-bond donors (Lipinski definition) is 1. The fourth-order valence-corrected chi connectivity index (χ4v) is 3.65. The van der Waals surface area contributed by atoms with E-state index < -0.39 is 0 Å². The predicted octanol–water partition coefficient (Wildman–Crippen LogP) is 2.67. The molecule has 2 heterocycles. The van der Waals surface area contributed by atoms with E-state index in [2.05, 4.69) is 34.0 Å². The summed E-state index contributed by atoms with van der Waals surface area (Å²) in [5.41, 5.74) is 8.24. The molecule has 1 unspecified atom stereocenters. The van der Waals surface area contributed by atoms with E-state index in [0.29, 0.717) is 11.6 Å². The number of rotatable bonds is 6. The quantitative estimate of drug-likeness (QED) is 0.868. The monoisotopic (exact) mass is 352 g/mol. The summed E-state index contributed by atoms with van der Waals surface area (Å²) in [5, 5.41) is 0. The number of primary amides is 1. The fraction of sp³-hybridized carbons (Fsp3) is 0.429. The van der Waals surface area contributed by atoms with Gasteiger partial charge < -0.3 is 5.73 Å². The van der Waals surface area contributed by atoms with Crippen LogP contribution in [0.4, 0.5) is 0 Å². The number of aromatic nitrogens is 1. The molecule has 2 aromatic rings. The normalized spacial score (nSPS) is 18.6. The van der Waals surface area contributed by atoms with Crippen LogP contribution in [0.2, 0.25) is 0 Å². The van der Waals surface area contributed by atoms with Crippen LogP contribution in [-0.4, -0.2) is 46.9 Å². The molecule has 1 amide bonds. The molecule has 5 nitrogen and oxygen atoms in total. The molecule has 0 aliphatic carbocycles. The van der Waals surface area contributed by atoms with Crippen LogP contribution in [0.5, 0.6) is 0 Å². The van der Waals surface area contributed by atoms with Gasteiger partial charge in [0.05, 0.1) is 5.69 Å². The summed E-state index contributed by atoms with van der Waals surface area (Å²) in [5.74, 6) is -0.370. The van der Waals surface area contributed by atoms with Crippen LogP contribution in [0.15, 0.2) is 48.7 Å². The Kier molecular flexibility index (Phi) is 6.36. The zero-order valence-electron chi connectivity index (χ0n) is 15.5. The molecule has 0 spiro atoms. The van der Waals surface area contributed by atoms with Crippen LogP contribution in [0.25, 0.3) is 0 Å². The van der Waals surface area contributed by atoms with E-state index in [-0.39, 0.29) is 5.91 Å². The third-order valence-corrected chi connectivity index (χ3v) is 5.20. The Labute approximate surface area is 155 Å². The van der Waals surface area contributed by atoms with Crippen molar-refractivity contribution in [3.8, 4) is 0 Å². The van der Waals surface area contributed by atoms with Gasteiger partial charge in [-0.2, -0.15) is 0 Å². The number of amides is 1. The number of hydrogen-bond acceptors (Lipinski definition) is 4. The van der Waals surface area contributed by atoms with Crippen LogP contribution in [0.3, 0.4) is 0 Å². The Bertz CT molecular complexity index is 702. The first kappa shape index (κ1) is 18.5. The van der Waals surface area contributed by atoms with E-state index in [0.717, 1.165) is 31.9 Å². The number of nitrogens with zero attached hydrogens (tertiary/aromatic N) is 3. The van der Waals surface area contributed by atoms with E-state index in [4.69, 9.17) is 5.73 Å². The number of carbonyl (C=O) groups is 1. The minimum absolute atomic E-state index is 0.370. The first-order chi connectivity index (χ1) is 12.6. The van der Waals surface area contributed by atoms with Crippen LogP contribution in [0, 0.1) is 0 Å². The van der Waals surface area contributed by atoms with Crippen molar-refractivity contribution < 1.29 is 4.79 Å². The van der Waals surface area contributed by atoms with Gasteiger partial charge in [0, 0.05) is 30.9 Å². The molecule has 1 saturated heterocycles. The Morgan fingerprint density at radius 2 is 2.00 bits per heavy atom. The van der Waals surface area contributed by atoms with Crippen LogP contribution in [-0.2, 0) is 13.1 Å². The molecule has 1 aromatic heterocycles. The molecule has 0 radical (unpaired) electrons. The van der Waals surface area contributed by atoms with Crippen LogP contribution >= 0.6 is 0 Å². The standard InChI is InChI=1S/C21H28N4O/c1-24(16-19-5-2-3-12-23-19)20-6-4-13-25(14-11-20)15-17-7-9-18(10-8-17)21(22)26/h2-3,5,7-10,12,20H,4,6,11,13-16H2,1H3,(H2,22,26). The highest BCUT2D eigenvalue weighted by Gasteiger charge is 2.20. The lowest BCUT2D eigenvalue weighted by atomic mass is 10.1. The number of carbonyl (C=O) groups excluding carboxylic acids is 1. The molecule has 138 valence electrons. The highest BCUT2D eigenvalue weighted by atomic mass is 16.1. The minimum atomic E-state index is -0.370.